The highest BCUT2D eigenvalue weighted by atomic mass is 32.2. The average molecular weight is 399 g/mol. The first kappa shape index (κ1) is 19.2. The van der Waals surface area contributed by atoms with E-state index in [-0.39, 0.29) is 10.8 Å². The molecule has 0 N–H and O–H groups in total. The third-order valence-electron chi connectivity index (χ3n) is 5.87. The summed E-state index contributed by atoms with van der Waals surface area (Å²) in [5.74, 6) is -0.0763. The number of benzene rings is 2. The smallest absolute Gasteiger partial charge is 0.253 e. The summed E-state index contributed by atoms with van der Waals surface area (Å²) in [6.07, 6.45) is 4.29. The fourth-order valence-corrected chi connectivity index (χ4v) is 4.98. The van der Waals surface area contributed by atoms with Gasteiger partial charge in [-0.25, -0.2) is 8.42 Å². The minimum Gasteiger partial charge on any atom is -0.337 e. The zero-order valence-electron chi connectivity index (χ0n) is 16.2. The quantitative estimate of drug-likeness (QED) is 0.798. The SMILES string of the molecule is CS(=O)(=O)c1cccc(C(=O)N2CCCC(N3CCc4ccccc4C3)C2)c1. The summed E-state index contributed by atoms with van der Waals surface area (Å²) >= 11 is 0. The minimum atomic E-state index is -3.32. The van der Waals surface area contributed by atoms with Crippen LogP contribution in [0.4, 0.5) is 0 Å². The van der Waals surface area contributed by atoms with Crippen LogP contribution >= 0.6 is 0 Å². The molecule has 1 saturated heterocycles. The second kappa shape index (κ2) is 7.68. The summed E-state index contributed by atoms with van der Waals surface area (Å²) < 4.78 is 23.6. The second-order valence-electron chi connectivity index (χ2n) is 7.84. The van der Waals surface area contributed by atoms with Crippen molar-refractivity contribution in [3.63, 3.8) is 0 Å². The third-order valence-corrected chi connectivity index (χ3v) is 6.98. The number of hydrogen-bond acceptors (Lipinski definition) is 4. The first-order valence-electron chi connectivity index (χ1n) is 9.82. The number of fused-ring (bicyclic) bond motifs is 1. The van der Waals surface area contributed by atoms with Crippen molar-refractivity contribution in [2.75, 3.05) is 25.9 Å². The Kier molecular flexibility index (Phi) is 5.25. The van der Waals surface area contributed by atoms with Crippen LogP contribution in [-0.2, 0) is 22.8 Å². The number of amides is 1. The molecular formula is C22H26N2O3S. The Balaban J connectivity index is 1.48. The molecule has 1 amide bonds. The summed E-state index contributed by atoms with van der Waals surface area (Å²) in [6.45, 7) is 3.38. The molecule has 1 fully saturated rings. The van der Waals surface area contributed by atoms with E-state index in [4.69, 9.17) is 0 Å². The number of piperidine rings is 1. The normalized spacial score (nSPS) is 20.6. The third kappa shape index (κ3) is 3.98. The molecule has 4 rings (SSSR count). The second-order valence-corrected chi connectivity index (χ2v) is 9.85. The van der Waals surface area contributed by atoms with Gasteiger partial charge in [0.05, 0.1) is 4.90 Å². The zero-order valence-corrected chi connectivity index (χ0v) is 17.0. The fraction of sp³-hybridized carbons (Fsp3) is 0.409. The van der Waals surface area contributed by atoms with Gasteiger partial charge in [0.2, 0.25) is 0 Å². The Labute approximate surface area is 166 Å². The van der Waals surface area contributed by atoms with E-state index in [1.165, 1.54) is 29.5 Å². The van der Waals surface area contributed by atoms with E-state index in [0.29, 0.717) is 18.2 Å². The van der Waals surface area contributed by atoms with Crippen molar-refractivity contribution in [3.8, 4) is 0 Å². The molecule has 2 aliphatic rings. The van der Waals surface area contributed by atoms with Crippen LogP contribution < -0.4 is 0 Å². The van der Waals surface area contributed by atoms with Crippen LogP contribution in [0.15, 0.2) is 53.4 Å². The predicted molar refractivity (Wildman–Crippen MR) is 109 cm³/mol. The molecule has 0 spiro atoms. The van der Waals surface area contributed by atoms with Crippen LogP contribution in [0.25, 0.3) is 0 Å². The van der Waals surface area contributed by atoms with Gasteiger partial charge < -0.3 is 4.90 Å². The number of carbonyl (C=O) groups is 1. The standard InChI is InChI=1S/C22H26N2O3S/c1-28(26,27)21-10-4-8-18(14-21)22(25)24-12-5-9-20(16-24)23-13-11-17-6-2-3-7-19(17)15-23/h2-4,6-8,10,14,20H,5,9,11-13,15-16H2,1H3. The van der Waals surface area contributed by atoms with Gasteiger partial charge in [-0.2, -0.15) is 0 Å². The van der Waals surface area contributed by atoms with Gasteiger partial charge in [-0.15, -0.1) is 0 Å². The van der Waals surface area contributed by atoms with Crippen molar-refractivity contribution in [2.24, 2.45) is 0 Å². The van der Waals surface area contributed by atoms with Crippen LogP contribution in [0.2, 0.25) is 0 Å². The van der Waals surface area contributed by atoms with Crippen molar-refractivity contribution in [2.45, 2.75) is 36.7 Å². The molecule has 0 radical (unpaired) electrons. The van der Waals surface area contributed by atoms with Gasteiger partial charge >= 0.3 is 0 Å². The van der Waals surface area contributed by atoms with Crippen molar-refractivity contribution in [1.29, 1.82) is 0 Å². The highest BCUT2D eigenvalue weighted by Gasteiger charge is 2.30. The maximum Gasteiger partial charge on any atom is 0.253 e. The van der Waals surface area contributed by atoms with E-state index >= 15 is 0 Å². The van der Waals surface area contributed by atoms with Crippen molar-refractivity contribution >= 4 is 15.7 Å². The number of hydrogen-bond donors (Lipinski definition) is 0. The maximum atomic E-state index is 13.0. The van der Waals surface area contributed by atoms with Gasteiger partial charge in [-0.05, 0) is 48.6 Å². The van der Waals surface area contributed by atoms with Gasteiger partial charge in [-0.1, -0.05) is 30.3 Å². The average Bonchev–Trinajstić information content (AvgIpc) is 2.72. The van der Waals surface area contributed by atoms with Gasteiger partial charge in [0, 0.05) is 44.0 Å². The van der Waals surface area contributed by atoms with Gasteiger partial charge in [0.15, 0.2) is 9.84 Å². The Morgan fingerprint density at radius 1 is 1.04 bits per heavy atom. The fourth-order valence-electron chi connectivity index (χ4n) is 4.31. The molecule has 0 bridgehead atoms. The van der Waals surface area contributed by atoms with Crippen molar-refractivity contribution < 1.29 is 13.2 Å². The molecule has 0 saturated carbocycles. The van der Waals surface area contributed by atoms with Crippen molar-refractivity contribution in [3.05, 3.63) is 65.2 Å². The number of sulfone groups is 1. The molecule has 28 heavy (non-hydrogen) atoms. The molecule has 1 unspecified atom stereocenters. The van der Waals surface area contributed by atoms with Crippen molar-refractivity contribution in [1.82, 2.24) is 9.80 Å². The lowest BCUT2D eigenvalue weighted by atomic mass is 9.96. The summed E-state index contributed by atoms with van der Waals surface area (Å²) in [4.78, 5) is 17.6. The van der Waals surface area contributed by atoms with E-state index < -0.39 is 9.84 Å². The van der Waals surface area contributed by atoms with Gasteiger partial charge in [0.1, 0.15) is 0 Å². The number of rotatable bonds is 3. The summed E-state index contributed by atoms with van der Waals surface area (Å²) in [6, 6.07) is 15.3. The number of likely N-dealkylation sites (tertiary alicyclic amines) is 1. The van der Waals surface area contributed by atoms with Crippen LogP contribution in [0.1, 0.15) is 34.3 Å². The lowest BCUT2D eigenvalue weighted by Crippen LogP contribution is -2.51. The van der Waals surface area contributed by atoms with E-state index in [0.717, 1.165) is 38.9 Å². The topological polar surface area (TPSA) is 57.7 Å². The highest BCUT2D eigenvalue weighted by Crippen LogP contribution is 2.25. The summed E-state index contributed by atoms with van der Waals surface area (Å²) in [7, 11) is -3.32. The van der Waals surface area contributed by atoms with Gasteiger partial charge in [-0.3, -0.25) is 9.69 Å². The summed E-state index contributed by atoms with van der Waals surface area (Å²) in [5, 5.41) is 0. The molecule has 0 aromatic heterocycles. The predicted octanol–water partition coefficient (Wildman–Crippen LogP) is 2.75. The van der Waals surface area contributed by atoms with E-state index in [2.05, 4.69) is 29.2 Å². The molecule has 2 aliphatic heterocycles. The Bertz CT molecular complexity index is 987. The first-order valence-corrected chi connectivity index (χ1v) is 11.7. The molecule has 6 heteroatoms. The molecule has 0 aliphatic carbocycles. The van der Waals surface area contributed by atoms with Crippen LogP contribution in [0.3, 0.4) is 0 Å². The molecular weight excluding hydrogens is 372 g/mol. The molecule has 2 aromatic rings. The molecule has 5 nitrogen and oxygen atoms in total. The lowest BCUT2D eigenvalue weighted by Gasteiger charge is -2.41. The van der Waals surface area contributed by atoms with Gasteiger partial charge in [0.25, 0.3) is 5.91 Å². The monoisotopic (exact) mass is 398 g/mol. The van der Waals surface area contributed by atoms with Crippen LogP contribution in [-0.4, -0.2) is 56.1 Å². The zero-order chi connectivity index (χ0) is 19.7. The molecule has 148 valence electrons. The minimum absolute atomic E-state index is 0.0763. The summed E-state index contributed by atoms with van der Waals surface area (Å²) in [5.41, 5.74) is 3.27. The lowest BCUT2D eigenvalue weighted by molar-refractivity contribution is 0.0549. The maximum absolute atomic E-state index is 13.0. The van der Waals surface area contributed by atoms with Crippen LogP contribution in [0, 0.1) is 0 Å². The Morgan fingerprint density at radius 2 is 1.82 bits per heavy atom. The molecule has 1 atom stereocenters. The number of carbonyl (C=O) groups excluding carboxylic acids is 1. The van der Waals surface area contributed by atoms with E-state index in [9.17, 15) is 13.2 Å². The van der Waals surface area contributed by atoms with E-state index in [1.807, 2.05) is 4.90 Å². The largest absolute Gasteiger partial charge is 0.337 e. The number of nitrogens with zero attached hydrogens (tertiary/aromatic N) is 2. The highest BCUT2D eigenvalue weighted by molar-refractivity contribution is 7.90. The Hall–Kier alpha value is -2.18. The van der Waals surface area contributed by atoms with Crippen LogP contribution in [0.5, 0.6) is 0 Å². The van der Waals surface area contributed by atoms with E-state index in [1.54, 1.807) is 12.1 Å². The molecule has 2 heterocycles. The first-order chi connectivity index (χ1) is 13.4. The Morgan fingerprint density at radius 3 is 2.61 bits per heavy atom. The molecule has 2 aromatic carbocycles.